The lowest BCUT2D eigenvalue weighted by molar-refractivity contribution is 0.416. The molecule has 2 heteroatoms. The van der Waals surface area contributed by atoms with Crippen molar-refractivity contribution in [3.63, 3.8) is 0 Å². The highest BCUT2D eigenvalue weighted by Crippen LogP contribution is 2.18. The highest BCUT2D eigenvalue weighted by molar-refractivity contribution is 5.04. The van der Waals surface area contributed by atoms with Crippen LogP contribution in [0.25, 0.3) is 0 Å². The first-order chi connectivity index (χ1) is 5.88. The molecule has 2 nitrogen and oxygen atoms in total. The third-order valence-electron chi connectivity index (χ3n) is 1.89. The first-order valence-corrected chi connectivity index (χ1v) is 4.20. The molecule has 0 aliphatic carbocycles. The average molecular weight is 165 g/mol. The van der Waals surface area contributed by atoms with Crippen LogP contribution in [0.5, 0.6) is 0 Å². The summed E-state index contributed by atoms with van der Waals surface area (Å²) in [4.78, 5) is 0. The number of furan rings is 1. The van der Waals surface area contributed by atoms with Crippen molar-refractivity contribution < 1.29 is 4.42 Å². The van der Waals surface area contributed by atoms with E-state index >= 15 is 0 Å². The molecule has 66 valence electrons. The Bertz CT molecular complexity index is 216. The average Bonchev–Trinajstić information content (AvgIpc) is 2.59. The summed E-state index contributed by atoms with van der Waals surface area (Å²) in [5.74, 6) is 0.999. The molecule has 1 aromatic heterocycles. The molecule has 1 N–H and O–H groups in total. The SMILES string of the molecule is C=CCCC(NC)c1ccco1. The molecule has 1 heterocycles. The molecule has 0 aliphatic rings. The van der Waals surface area contributed by atoms with E-state index in [-0.39, 0.29) is 0 Å². The quantitative estimate of drug-likeness (QED) is 0.678. The second-order valence-electron chi connectivity index (χ2n) is 2.72. The lowest BCUT2D eigenvalue weighted by atomic mass is 10.1. The molecule has 12 heavy (non-hydrogen) atoms. The van der Waals surface area contributed by atoms with Crippen molar-refractivity contribution >= 4 is 0 Å². The Balaban J connectivity index is 2.51. The monoisotopic (exact) mass is 165 g/mol. The Kier molecular flexibility index (Phi) is 3.61. The van der Waals surface area contributed by atoms with E-state index in [0.29, 0.717) is 6.04 Å². The van der Waals surface area contributed by atoms with E-state index in [4.69, 9.17) is 4.42 Å². The van der Waals surface area contributed by atoms with E-state index < -0.39 is 0 Å². The lowest BCUT2D eigenvalue weighted by Gasteiger charge is -2.11. The zero-order valence-electron chi connectivity index (χ0n) is 7.42. The van der Waals surface area contributed by atoms with Gasteiger partial charge in [-0.3, -0.25) is 0 Å². The van der Waals surface area contributed by atoms with Gasteiger partial charge in [0.05, 0.1) is 12.3 Å². The largest absolute Gasteiger partial charge is 0.468 e. The molecule has 0 spiro atoms. The van der Waals surface area contributed by atoms with Crippen molar-refractivity contribution in [2.75, 3.05) is 7.05 Å². The van der Waals surface area contributed by atoms with Gasteiger partial charge in [0.2, 0.25) is 0 Å². The van der Waals surface area contributed by atoms with Gasteiger partial charge < -0.3 is 9.73 Å². The zero-order chi connectivity index (χ0) is 8.81. The van der Waals surface area contributed by atoms with Crippen LogP contribution in [0.2, 0.25) is 0 Å². The van der Waals surface area contributed by atoms with Crippen molar-refractivity contribution in [1.29, 1.82) is 0 Å². The Labute approximate surface area is 73.3 Å². The minimum absolute atomic E-state index is 0.318. The fraction of sp³-hybridized carbons (Fsp3) is 0.400. The maximum Gasteiger partial charge on any atom is 0.120 e. The zero-order valence-corrected chi connectivity index (χ0v) is 7.42. The predicted molar refractivity (Wildman–Crippen MR) is 49.9 cm³/mol. The molecule has 0 saturated carbocycles. The van der Waals surface area contributed by atoms with Crippen molar-refractivity contribution in [2.24, 2.45) is 0 Å². The first-order valence-electron chi connectivity index (χ1n) is 4.20. The maximum absolute atomic E-state index is 5.29. The van der Waals surface area contributed by atoms with Gasteiger partial charge in [-0.25, -0.2) is 0 Å². The number of rotatable bonds is 5. The van der Waals surface area contributed by atoms with Gasteiger partial charge in [0.15, 0.2) is 0 Å². The van der Waals surface area contributed by atoms with E-state index in [1.54, 1.807) is 6.26 Å². The van der Waals surface area contributed by atoms with Crippen molar-refractivity contribution in [1.82, 2.24) is 5.32 Å². The van der Waals surface area contributed by atoms with Crippen molar-refractivity contribution in [3.05, 3.63) is 36.8 Å². The van der Waals surface area contributed by atoms with Gasteiger partial charge in [-0.1, -0.05) is 6.08 Å². The molecule has 1 unspecified atom stereocenters. The molecule has 1 rings (SSSR count). The van der Waals surface area contributed by atoms with Crippen LogP contribution in [0, 0.1) is 0 Å². The number of nitrogens with one attached hydrogen (secondary N) is 1. The fourth-order valence-electron chi connectivity index (χ4n) is 1.20. The van der Waals surface area contributed by atoms with Crippen LogP contribution in [-0.2, 0) is 0 Å². The van der Waals surface area contributed by atoms with Gasteiger partial charge in [-0.2, -0.15) is 0 Å². The summed E-state index contributed by atoms with van der Waals surface area (Å²) >= 11 is 0. The van der Waals surface area contributed by atoms with E-state index in [9.17, 15) is 0 Å². The Morgan fingerprint density at radius 2 is 2.58 bits per heavy atom. The van der Waals surface area contributed by atoms with Crippen LogP contribution in [0.4, 0.5) is 0 Å². The summed E-state index contributed by atoms with van der Waals surface area (Å²) in [5.41, 5.74) is 0. The van der Waals surface area contributed by atoms with Gasteiger partial charge in [0, 0.05) is 0 Å². The second-order valence-corrected chi connectivity index (χ2v) is 2.72. The summed E-state index contributed by atoms with van der Waals surface area (Å²) in [6.45, 7) is 3.69. The van der Waals surface area contributed by atoms with Crippen molar-refractivity contribution in [3.8, 4) is 0 Å². The molecular weight excluding hydrogens is 150 g/mol. The lowest BCUT2D eigenvalue weighted by Crippen LogP contribution is -2.15. The standard InChI is InChI=1S/C10H15NO/c1-3-4-6-9(11-2)10-7-5-8-12-10/h3,5,7-9,11H,1,4,6H2,2H3. The van der Waals surface area contributed by atoms with Crippen molar-refractivity contribution in [2.45, 2.75) is 18.9 Å². The van der Waals surface area contributed by atoms with Crippen LogP contribution in [0.3, 0.4) is 0 Å². The van der Waals surface area contributed by atoms with Crippen LogP contribution in [0.15, 0.2) is 35.5 Å². The molecule has 1 aromatic rings. The van der Waals surface area contributed by atoms with Crippen LogP contribution >= 0.6 is 0 Å². The summed E-state index contributed by atoms with van der Waals surface area (Å²) in [5, 5.41) is 3.20. The topological polar surface area (TPSA) is 25.2 Å². The minimum atomic E-state index is 0.318. The van der Waals surface area contributed by atoms with E-state index in [2.05, 4.69) is 11.9 Å². The molecule has 0 amide bonds. The smallest absolute Gasteiger partial charge is 0.120 e. The third-order valence-corrected chi connectivity index (χ3v) is 1.89. The highest BCUT2D eigenvalue weighted by Gasteiger charge is 2.09. The minimum Gasteiger partial charge on any atom is -0.468 e. The first kappa shape index (κ1) is 9.07. The number of hydrogen-bond donors (Lipinski definition) is 1. The summed E-state index contributed by atoms with van der Waals surface area (Å²) < 4.78 is 5.29. The molecule has 0 saturated heterocycles. The van der Waals surface area contributed by atoms with Crippen LogP contribution in [-0.4, -0.2) is 7.05 Å². The van der Waals surface area contributed by atoms with Crippen LogP contribution < -0.4 is 5.32 Å². The van der Waals surface area contributed by atoms with Gasteiger partial charge in [-0.05, 0) is 32.0 Å². The molecule has 1 atom stereocenters. The predicted octanol–water partition coefficient (Wildman–Crippen LogP) is 2.51. The fourth-order valence-corrected chi connectivity index (χ4v) is 1.20. The molecular formula is C10H15NO. The van der Waals surface area contributed by atoms with E-state index in [1.807, 2.05) is 25.3 Å². The second kappa shape index (κ2) is 4.78. The molecule has 0 radical (unpaired) electrons. The van der Waals surface area contributed by atoms with E-state index in [0.717, 1.165) is 18.6 Å². The van der Waals surface area contributed by atoms with Gasteiger partial charge >= 0.3 is 0 Å². The highest BCUT2D eigenvalue weighted by atomic mass is 16.3. The Morgan fingerprint density at radius 1 is 1.75 bits per heavy atom. The van der Waals surface area contributed by atoms with Crippen LogP contribution in [0.1, 0.15) is 24.6 Å². The number of hydrogen-bond acceptors (Lipinski definition) is 2. The molecule has 0 bridgehead atoms. The summed E-state index contributed by atoms with van der Waals surface area (Å²) in [6, 6.07) is 4.22. The summed E-state index contributed by atoms with van der Waals surface area (Å²) in [6.07, 6.45) is 5.67. The van der Waals surface area contributed by atoms with Gasteiger partial charge in [0.25, 0.3) is 0 Å². The van der Waals surface area contributed by atoms with E-state index in [1.165, 1.54) is 0 Å². The third kappa shape index (κ3) is 2.24. The molecule has 0 fully saturated rings. The molecule has 0 aromatic carbocycles. The normalized spacial score (nSPS) is 12.8. The number of allylic oxidation sites excluding steroid dienone is 1. The van der Waals surface area contributed by atoms with Gasteiger partial charge in [0.1, 0.15) is 5.76 Å². The maximum atomic E-state index is 5.29. The Morgan fingerprint density at radius 3 is 3.08 bits per heavy atom. The summed E-state index contributed by atoms with van der Waals surface area (Å²) in [7, 11) is 1.94. The molecule has 0 aliphatic heterocycles. The van der Waals surface area contributed by atoms with Gasteiger partial charge in [-0.15, -0.1) is 6.58 Å². The Hall–Kier alpha value is -1.02.